The molecule has 1 aromatic rings. The monoisotopic (exact) mass is 283 g/mol. The number of hydrogen-bond acceptors (Lipinski definition) is 3. The second-order valence-corrected chi connectivity index (χ2v) is 5.34. The van der Waals surface area contributed by atoms with Crippen LogP contribution < -0.4 is 10.6 Å². The van der Waals surface area contributed by atoms with Crippen LogP contribution in [0.4, 0.5) is 0 Å². The molecule has 1 amide bonds. The zero-order valence-corrected chi connectivity index (χ0v) is 12.1. The third kappa shape index (κ3) is 4.96. The quantitative estimate of drug-likeness (QED) is 0.645. The molecule has 1 aromatic carbocycles. The molecule has 1 aliphatic rings. The highest BCUT2D eigenvalue weighted by Crippen LogP contribution is 2.17. The molecule has 4 heteroatoms. The van der Waals surface area contributed by atoms with E-state index in [9.17, 15) is 4.79 Å². The first-order chi connectivity index (χ1) is 10.3. The van der Waals surface area contributed by atoms with Crippen molar-refractivity contribution in [3.63, 3.8) is 0 Å². The van der Waals surface area contributed by atoms with E-state index in [0.717, 1.165) is 18.4 Å². The number of hydrogen-bond donors (Lipinski definition) is 2. The zero-order chi connectivity index (χ0) is 14.9. The molecule has 4 nitrogen and oxygen atoms in total. The normalized spacial score (nSPS) is 16.0. The lowest BCUT2D eigenvalue weighted by molar-refractivity contribution is -0.117. The van der Waals surface area contributed by atoms with E-state index in [-0.39, 0.29) is 11.5 Å². The summed E-state index contributed by atoms with van der Waals surface area (Å²) in [7, 11) is 0. The largest absolute Gasteiger partial charge is 0.387 e. The summed E-state index contributed by atoms with van der Waals surface area (Å²) in [5, 5.41) is 15.1. The van der Waals surface area contributed by atoms with Gasteiger partial charge in [-0.2, -0.15) is 5.26 Å². The highest BCUT2D eigenvalue weighted by molar-refractivity contribution is 5.97. The van der Waals surface area contributed by atoms with Gasteiger partial charge >= 0.3 is 0 Å². The van der Waals surface area contributed by atoms with Gasteiger partial charge in [-0.05, 0) is 18.4 Å². The smallest absolute Gasteiger partial charge is 0.263 e. The molecule has 2 rings (SSSR count). The van der Waals surface area contributed by atoms with Crippen molar-refractivity contribution in [1.29, 1.82) is 5.26 Å². The van der Waals surface area contributed by atoms with Gasteiger partial charge in [0.05, 0.1) is 0 Å². The van der Waals surface area contributed by atoms with E-state index in [0.29, 0.717) is 12.6 Å². The lowest BCUT2D eigenvalue weighted by Crippen LogP contribution is -2.29. The second kappa shape index (κ2) is 8.11. The van der Waals surface area contributed by atoms with Gasteiger partial charge in [0, 0.05) is 18.8 Å². The molecule has 0 unspecified atom stereocenters. The molecule has 1 fully saturated rings. The third-order valence-electron chi connectivity index (χ3n) is 3.73. The van der Waals surface area contributed by atoms with E-state index in [1.165, 1.54) is 19.3 Å². The maximum atomic E-state index is 12.0. The Labute approximate surface area is 125 Å². The van der Waals surface area contributed by atoms with Gasteiger partial charge in [0.1, 0.15) is 11.6 Å². The van der Waals surface area contributed by atoms with Gasteiger partial charge in [-0.3, -0.25) is 4.79 Å². The topological polar surface area (TPSA) is 64.9 Å². The van der Waals surface area contributed by atoms with Crippen LogP contribution in [0.3, 0.4) is 0 Å². The van der Waals surface area contributed by atoms with Gasteiger partial charge in [-0.1, -0.05) is 49.6 Å². The number of nitrogens with one attached hydrogen (secondary N) is 2. The van der Waals surface area contributed by atoms with Gasteiger partial charge in [0.25, 0.3) is 5.91 Å². The van der Waals surface area contributed by atoms with Crippen LogP contribution in [0.25, 0.3) is 0 Å². The van der Waals surface area contributed by atoms with Crippen LogP contribution in [0.5, 0.6) is 0 Å². The van der Waals surface area contributed by atoms with Crippen molar-refractivity contribution in [3.8, 4) is 6.07 Å². The standard InChI is InChI=1S/C17H21N3O/c18-11-15(13-19-16-9-5-2-6-10-16)17(21)20-12-14-7-3-1-4-8-14/h1,3-4,7-8,13,16,19H,2,5-6,9-10,12H2,(H,20,21)/b15-13-. The number of amides is 1. The summed E-state index contributed by atoms with van der Waals surface area (Å²) in [5.41, 5.74) is 1.15. The molecular weight excluding hydrogens is 262 g/mol. The van der Waals surface area contributed by atoms with Crippen LogP contribution in [-0.2, 0) is 11.3 Å². The van der Waals surface area contributed by atoms with Crippen LogP contribution >= 0.6 is 0 Å². The number of carbonyl (C=O) groups excluding carboxylic acids is 1. The Balaban J connectivity index is 1.84. The number of nitrogens with zero attached hydrogens (tertiary/aromatic N) is 1. The first kappa shape index (κ1) is 15.1. The lowest BCUT2D eigenvalue weighted by atomic mass is 9.96. The first-order valence-electron chi connectivity index (χ1n) is 7.48. The van der Waals surface area contributed by atoms with E-state index in [4.69, 9.17) is 5.26 Å². The average molecular weight is 283 g/mol. The average Bonchev–Trinajstić information content (AvgIpc) is 2.55. The molecule has 1 aliphatic carbocycles. The van der Waals surface area contributed by atoms with Crippen LogP contribution in [0.2, 0.25) is 0 Å². The summed E-state index contributed by atoms with van der Waals surface area (Å²) >= 11 is 0. The summed E-state index contributed by atoms with van der Waals surface area (Å²) in [5.74, 6) is -0.329. The summed E-state index contributed by atoms with van der Waals surface area (Å²) in [6.45, 7) is 0.433. The van der Waals surface area contributed by atoms with Crippen molar-refractivity contribution in [2.24, 2.45) is 0 Å². The minimum atomic E-state index is -0.329. The molecule has 110 valence electrons. The van der Waals surface area contributed by atoms with Gasteiger partial charge in [0.15, 0.2) is 0 Å². The molecule has 21 heavy (non-hydrogen) atoms. The van der Waals surface area contributed by atoms with Crippen LogP contribution in [0.15, 0.2) is 42.1 Å². The molecule has 0 aliphatic heterocycles. The van der Waals surface area contributed by atoms with Crippen LogP contribution in [0, 0.1) is 11.3 Å². The van der Waals surface area contributed by atoms with Crippen molar-refractivity contribution >= 4 is 5.91 Å². The van der Waals surface area contributed by atoms with E-state index in [1.807, 2.05) is 36.4 Å². The molecule has 0 saturated heterocycles. The van der Waals surface area contributed by atoms with Crippen molar-refractivity contribution in [3.05, 3.63) is 47.7 Å². The SMILES string of the molecule is N#C/C(=C/NC1CCCCC1)C(=O)NCc1ccccc1. The van der Waals surface area contributed by atoms with Gasteiger partial charge in [-0.25, -0.2) is 0 Å². The van der Waals surface area contributed by atoms with Crippen LogP contribution in [0.1, 0.15) is 37.7 Å². The Bertz CT molecular complexity index is 525. The molecule has 0 heterocycles. The predicted octanol–water partition coefficient (Wildman–Crippen LogP) is 2.63. The van der Waals surface area contributed by atoms with Crippen LogP contribution in [-0.4, -0.2) is 11.9 Å². The van der Waals surface area contributed by atoms with Crippen molar-refractivity contribution in [2.45, 2.75) is 44.7 Å². The van der Waals surface area contributed by atoms with E-state index in [2.05, 4.69) is 10.6 Å². The Morgan fingerprint density at radius 1 is 1.24 bits per heavy atom. The highest BCUT2D eigenvalue weighted by atomic mass is 16.1. The Morgan fingerprint density at radius 2 is 1.95 bits per heavy atom. The Kier molecular flexibility index (Phi) is 5.83. The van der Waals surface area contributed by atoms with E-state index < -0.39 is 0 Å². The molecule has 2 N–H and O–H groups in total. The Morgan fingerprint density at radius 3 is 2.62 bits per heavy atom. The summed E-state index contributed by atoms with van der Waals surface area (Å²) in [6, 6.07) is 12.0. The summed E-state index contributed by atoms with van der Waals surface area (Å²) in [4.78, 5) is 12.0. The fourth-order valence-corrected chi connectivity index (χ4v) is 2.49. The number of benzene rings is 1. The number of carbonyl (C=O) groups is 1. The Hall–Kier alpha value is -2.28. The lowest BCUT2D eigenvalue weighted by Gasteiger charge is -2.21. The molecular formula is C17H21N3O. The van der Waals surface area contributed by atoms with Crippen molar-refractivity contribution < 1.29 is 4.79 Å². The summed E-state index contributed by atoms with van der Waals surface area (Å²) in [6.07, 6.45) is 7.50. The zero-order valence-electron chi connectivity index (χ0n) is 12.1. The minimum absolute atomic E-state index is 0.136. The van der Waals surface area contributed by atoms with Crippen molar-refractivity contribution in [1.82, 2.24) is 10.6 Å². The third-order valence-corrected chi connectivity index (χ3v) is 3.73. The number of rotatable bonds is 5. The van der Waals surface area contributed by atoms with E-state index >= 15 is 0 Å². The highest BCUT2D eigenvalue weighted by Gasteiger charge is 2.13. The predicted molar refractivity (Wildman–Crippen MR) is 82.0 cm³/mol. The van der Waals surface area contributed by atoms with Crippen molar-refractivity contribution in [2.75, 3.05) is 0 Å². The maximum absolute atomic E-state index is 12.0. The summed E-state index contributed by atoms with van der Waals surface area (Å²) < 4.78 is 0. The van der Waals surface area contributed by atoms with Gasteiger partial charge < -0.3 is 10.6 Å². The molecule has 0 bridgehead atoms. The molecule has 0 atom stereocenters. The molecule has 0 spiro atoms. The second-order valence-electron chi connectivity index (χ2n) is 5.34. The number of nitriles is 1. The molecule has 1 saturated carbocycles. The molecule has 0 aromatic heterocycles. The first-order valence-corrected chi connectivity index (χ1v) is 7.48. The van der Waals surface area contributed by atoms with Gasteiger partial charge in [-0.15, -0.1) is 0 Å². The minimum Gasteiger partial charge on any atom is -0.387 e. The fourth-order valence-electron chi connectivity index (χ4n) is 2.49. The van der Waals surface area contributed by atoms with E-state index in [1.54, 1.807) is 6.20 Å². The fraction of sp³-hybridized carbons (Fsp3) is 0.412. The maximum Gasteiger partial charge on any atom is 0.263 e. The molecule has 0 radical (unpaired) electrons. The van der Waals surface area contributed by atoms with Gasteiger partial charge in [0.2, 0.25) is 0 Å².